The maximum absolute atomic E-state index is 6.73. The fourth-order valence-electron chi connectivity index (χ4n) is 6.67. The van der Waals surface area contributed by atoms with E-state index in [-0.39, 0.29) is 6.71 Å². The Hall–Kier alpha value is -4.47. The fourth-order valence-corrected chi connectivity index (χ4v) is 16.7. The van der Waals surface area contributed by atoms with E-state index in [1.807, 2.05) is 0 Å². The topological polar surface area (TPSA) is 18.5 Å². The maximum atomic E-state index is 6.73. The molecule has 0 saturated carbocycles. The number of benzene rings is 6. The van der Waals surface area contributed by atoms with Crippen molar-refractivity contribution in [2.45, 2.75) is 0 Å². The van der Waals surface area contributed by atoms with Crippen molar-refractivity contribution in [3.63, 3.8) is 0 Å². The molecule has 6 aromatic carbocycles. The van der Waals surface area contributed by atoms with Gasteiger partial charge in [0.2, 0.25) is 0 Å². The fraction of sp³-hybridized carbons (Fsp3) is 0. The van der Waals surface area contributed by atoms with Crippen molar-refractivity contribution >= 4 is 54.0 Å². The van der Waals surface area contributed by atoms with E-state index in [1.165, 1.54) is 28.5 Å². The number of hydrogen-bond acceptors (Lipinski definition) is 2. The SMILES string of the molecule is c1cc[c]([Ge]([c]2ccccc2)([c]2ccccc2)[c]2cc3c4c(c2)Oc2ccccc2B4c2ccccc2O3)cc1. The molecule has 6 aromatic rings. The van der Waals surface area contributed by atoms with Crippen molar-refractivity contribution < 1.29 is 9.47 Å². The van der Waals surface area contributed by atoms with E-state index in [2.05, 4.69) is 152 Å². The standard InChI is InChI=1S/C36H25BGeO2/c1-4-14-26(15-5-1)38(27-16-6-2-7-17-27,28-18-8-3-9-19-28)29-24-34-36-35(25-29)40-33-23-13-11-21-31(33)37(36)30-20-10-12-22-32(30)39-34/h1-25H. The molecule has 2 nitrogen and oxygen atoms in total. The molecule has 0 bridgehead atoms. The molecular weight excluding hydrogens is 548 g/mol. The molecule has 0 fully saturated rings. The van der Waals surface area contributed by atoms with Crippen LogP contribution in [0.5, 0.6) is 23.0 Å². The first kappa shape index (κ1) is 23.4. The first-order valence-electron chi connectivity index (χ1n) is 13.7. The monoisotopic (exact) mass is 574 g/mol. The van der Waals surface area contributed by atoms with Gasteiger partial charge in [0.1, 0.15) is 0 Å². The van der Waals surface area contributed by atoms with Gasteiger partial charge >= 0.3 is 238 Å². The Morgan fingerprint density at radius 1 is 0.375 bits per heavy atom. The molecule has 0 unspecified atom stereocenters. The molecule has 0 N–H and O–H groups in total. The summed E-state index contributed by atoms with van der Waals surface area (Å²) in [6.45, 7) is 0.0704. The van der Waals surface area contributed by atoms with Crippen LogP contribution in [0.1, 0.15) is 0 Å². The van der Waals surface area contributed by atoms with Crippen LogP contribution < -0.4 is 43.4 Å². The second kappa shape index (κ2) is 9.32. The summed E-state index contributed by atoms with van der Waals surface area (Å²) >= 11 is -3.50. The molecule has 2 aliphatic rings. The van der Waals surface area contributed by atoms with Crippen LogP contribution in [0.25, 0.3) is 0 Å². The number of fused-ring (bicyclic) bond motifs is 4. The summed E-state index contributed by atoms with van der Waals surface area (Å²) in [6, 6.07) is 54.6. The molecule has 2 aliphatic heterocycles. The van der Waals surface area contributed by atoms with Gasteiger partial charge < -0.3 is 0 Å². The third-order valence-electron chi connectivity index (χ3n) is 8.35. The van der Waals surface area contributed by atoms with Gasteiger partial charge in [-0.25, -0.2) is 0 Å². The average Bonchev–Trinajstić information content (AvgIpc) is 3.03. The first-order chi connectivity index (χ1) is 19.8. The molecule has 0 radical (unpaired) electrons. The molecule has 4 heteroatoms. The van der Waals surface area contributed by atoms with E-state index in [9.17, 15) is 0 Å². The Bertz CT molecular complexity index is 1690. The van der Waals surface area contributed by atoms with Gasteiger partial charge in [-0.05, 0) is 0 Å². The van der Waals surface area contributed by atoms with Gasteiger partial charge in [0, 0.05) is 0 Å². The molecule has 0 spiro atoms. The number of hydrogen-bond donors (Lipinski definition) is 0. The Kier molecular flexibility index (Phi) is 5.46. The van der Waals surface area contributed by atoms with Crippen LogP contribution >= 0.6 is 0 Å². The van der Waals surface area contributed by atoms with E-state index in [4.69, 9.17) is 9.47 Å². The molecule has 0 amide bonds. The summed E-state index contributed by atoms with van der Waals surface area (Å²) in [7, 11) is 0. The molecule has 0 aromatic heterocycles. The van der Waals surface area contributed by atoms with Crippen LogP contribution in [0, 0.1) is 0 Å². The third kappa shape index (κ3) is 3.44. The molecule has 188 valence electrons. The number of para-hydroxylation sites is 2. The van der Waals surface area contributed by atoms with Gasteiger partial charge in [0.25, 0.3) is 0 Å². The van der Waals surface area contributed by atoms with Crippen molar-refractivity contribution in [1.82, 2.24) is 0 Å². The van der Waals surface area contributed by atoms with Gasteiger partial charge in [0.05, 0.1) is 0 Å². The summed E-state index contributed by atoms with van der Waals surface area (Å²) in [5.41, 5.74) is 3.48. The molecule has 0 saturated heterocycles. The average molecular weight is 573 g/mol. The van der Waals surface area contributed by atoms with Crippen LogP contribution in [-0.4, -0.2) is 20.0 Å². The Balaban J connectivity index is 1.47. The normalized spacial score (nSPS) is 12.8. The van der Waals surface area contributed by atoms with E-state index in [1.54, 1.807) is 0 Å². The van der Waals surface area contributed by atoms with E-state index < -0.39 is 13.3 Å². The minimum absolute atomic E-state index is 0.0704. The van der Waals surface area contributed by atoms with Gasteiger partial charge in [-0.15, -0.1) is 0 Å². The van der Waals surface area contributed by atoms with Crippen LogP contribution in [0.15, 0.2) is 152 Å². The Morgan fingerprint density at radius 3 is 1.18 bits per heavy atom. The summed E-state index contributed by atoms with van der Waals surface area (Å²) in [6.07, 6.45) is 0. The van der Waals surface area contributed by atoms with Gasteiger partial charge in [-0.3, -0.25) is 0 Å². The van der Waals surface area contributed by atoms with E-state index >= 15 is 0 Å². The number of ether oxygens (including phenoxy) is 2. The van der Waals surface area contributed by atoms with Gasteiger partial charge in [-0.1, -0.05) is 0 Å². The molecule has 0 aliphatic carbocycles. The predicted octanol–water partition coefficient (Wildman–Crippen LogP) is 3.79. The zero-order chi connectivity index (χ0) is 26.5. The van der Waals surface area contributed by atoms with Gasteiger partial charge in [-0.2, -0.15) is 0 Å². The summed E-state index contributed by atoms with van der Waals surface area (Å²) in [5, 5.41) is 0. The zero-order valence-electron chi connectivity index (χ0n) is 21.8. The molecular formula is C36H25BGeO2. The second-order valence-corrected chi connectivity index (χ2v) is 18.4. The third-order valence-corrected chi connectivity index (χ3v) is 18.3. The Morgan fingerprint density at radius 2 is 0.750 bits per heavy atom. The van der Waals surface area contributed by atoms with Crippen molar-refractivity contribution in [2.24, 2.45) is 0 Å². The molecule has 8 rings (SSSR count). The van der Waals surface area contributed by atoms with Crippen molar-refractivity contribution in [3.05, 3.63) is 152 Å². The summed E-state index contributed by atoms with van der Waals surface area (Å²) in [4.78, 5) is 0. The molecule has 40 heavy (non-hydrogen) atoms. The van der Waals surface area contributed by atoms with Gasteiger partial charge in [0.15, 0.2) is 0 Å². The van der Waals surface area contributed by atoms with Crippen LogP contribution in [-0.2, 0) is 0 Å². The molecule has 0 atom stereocenters. The van der Waals surface area contributed by atoms with E-state index in [0.29, 0.717) is 0 Å². The van der Waals surface area contributed by atoms with Crippen molar-refractivity contribution in [1.29, 1.82) is 0 Å². The van der Waals surface area contributed by atoms with Crippen LogP contribution in [0.2, 0.25) is 0 Å². The molecule has 2 heterocycles. The second-order valence-electron chi connectivity index (χ2n) is 10.4. The summed E-state index contributed by atoms with van der Waals surface area (Å²) < 4.78 is 18.9. The van der Waals surface area contributed by atoms with Crippen molar-refractivity contribution in [2.75, 3.05) is 0 Å². The number of rotatable bonds is 4. The first-order valence-corrected chi connectivity index (χ1v) is 17.9. The zero-order valence-corrected chi connectivity index (χ0v) is 23.9. The summed E-state index contributed by atoms with van der Waals surface area (Å²) in [5.74, 6) is 3.61. The van der Waals surface area contributed by atoms with E-state index in [0.717, 1.165) is 28.5 Å². The Labute approximate surface area is 237 Å². The van der Waals surface area contributed by atoms with Crippen LogP contribution in [0.4, 0.5) is 0 Å². The minimum atomic E-state index is -3.50. The predicted molar refractivity (Wildman–Crippen MR) is 168 cm³/mol. The quantitative estimate of drug-likeness (QED) is 0.299. The van der Waals surface area contributed by atoms with Crippen LogP contribution in [0.3, 0.4) is 0 Å². The van der Waals surface area contributed by atoms with Crippen molar-refractivity contribution in [3.8, 4) is 23.0 Å².